The topological polar surface area (TPSA) is 98.3 Å². The highest BCUT2D eigenvalue weighted by atomic mass is 16.2. The maximum absolute atomic E-state index is 13.2. The number of amides is 2. The highest BCUT2D eigenvalue weighted by molar-refractivity contribution is 6.04. The number of benzene rings is 1. The molecule has 1 saturated heterocycles. The van der Waals surface area contributed by atoms with E-state index in [1.54, 1.807) is 11.0 Å². The van der Waals surface area contributed by atoms with Gasteiger partial charge in [0.15, 0.2) is 11.5 Å². The van der Waals surface area contributed by atoms with Crippen LogP contribution >= 0.6 is 0 Å². The molecule has 0 unspecified atom stereocenters. The van der Waals surface area contributed by atoms with Crippen LogP contribution in [0, 0.1) is 11.3 Å². The number of aromatic nitrogens is 2. The summed E-state index contributed by atoms with van der Waals surface area (Å²) in [6, 6.07) is 7.10. The third-order valence-electron chi connectivity index (χ3n) is 6.29. The van der Waals surface area contributed by atoms with Crippen LogP contribution in [0.4, 0.5) is 0 Å². The number of ketones is 1. The zero-order valence-corrected chi connectivity index (χ0v) is 17.9. The van der Waals surface area contributed by atoms with Crippen LogP contribution in [0.15, 0.2) is 24.3 Å². The van der Waals surface area contributed by atoms with E-state index in [1.165, 1.54) is 4.68 Å². The molecule has 0 spiro atoms. The molecule has 30 heavy (non-hydrogen) atoms. The summed E-state index contributed by atoms with van der Waals surface area (Å²) in [7, 11) is 0. The van der Waals surface area contributed by atoms with Crippen molar-refractivity contribution in [2.75, 3.05) is 0 Å². The number of nitrogens with two attached hydrogens (primary N) is 1. The number of piperidine rings is 1. The Bertz CT molecular complexity index is 1000. The van der Waals surface area contributed by atoms with Crippen LogP contribution in [-0.4, -0.2) is 44.4 Å². The molecular formula is C23H30N4O3. The molecule has 0 bridgehead atoms. The molecule has 2 N–H and O–H groups in total. The second-order valence-electron chi connectivity index (χ2n) is 9.88. The van der Waals surface area contributed by atoms with E-state index >= 15 is 0 Å². The van der Waals surface area contributed by atoms with E-state index in [2.05, 4.69) is 25.9 Å². The fraction of sp³-hybridized carbons (Fsp3) is 0.565. The van der Waals surface area contributed by atoms with Gasteiger partial charge in [-0.1, -0.05) is 39.0 Å². The third kappa shape index (κ3) is 3.98. The van der Waals surface area contributed by atoms with Gasteiger partial charge >= 0.3 is 0 Å². The van der Waals surface area contributed by atoms with E-state index in [0.29, 0.717) is 23.2 Å². The van der Waals surface area contributed by atoms with Gasteiger partial charge in [-0.15, -0.1) is 0 Å². The Morgan fingerprint density at radius 1 is 1.17 bits per heavy atom. The number of primary amides is 1. The van der Waals surface area contributed by atoms with Crippen LogP contribution in [0.25, 0.3) is 10.9 Å². The summed E-state index contributed by atoms with van der Waals surface area (Å²) in [6.45, 7) is 6.52. The van der Waals surface area contributed by atoms with Gasteiger partial charge < -0.3 is 10.6 Å². The molecule has 2 fully saturated rings. The Labute approximate surface area is 176 Å². The van der Waals surface area contributed by atoms with E-state index in [4.69, 9.17) is 5.73 Å². The van der Waals surface area contributed by atoms with Crippen molar-refractivity contribution in [3.63, 3.8) is 0 Å². The predicted molar refractivity (Wildman–Crippen MR) is 114 cm³/mol. The molecule has 7 nitrogen and oxygen atoms in total. The third-order valence-corrected chi connectivity index (χ3v) is 6.29. The fourth-order valence-corrected chi connectivity index (χ4v) is 4.70. The summed E-state index contributed by atoms with van der Waals surface area (Å²) < 4.78 is 1.54. The van der Waals surface area contributed by atoms with Crippen molar-refractivity contribution in [3.05, 3.63) is 30.0 Å². The van der Waals surface area contributed by atoms with Gasteiger partial charge in [-0.05, 0) is 43.1 Å². The summed E-state index contributed by atoms with van der Waals surface area (Å²) in [4.78, 5) is 39.7. The monoisotopic (exact) mass is 410 g/mol. The van der Waals surface area contributed by atoms with Gasteiger partial charge in [0.2, 0.25) is 5.91 Å². The van der Waals surface area contributed by atoms with Crippen molar-refractivity contribution in [1.82, 2.24) is 14.7 Å². The van der Waals surface area contributed by atoms with Crippen LogP contribution in [0.2, 0.25) is 0 Å². The highest BCUT2D eigenvalue weighted by Gasteiger charge is 2.55. The quantitative estimate of drug-likeness (QED) is 0.759. The first-order valence-electron chi connectivity index (χ1n) is 10.7. The molecule has 1 aromatic carbocycles. The maximum Gasteiger partial charge on any atom is 0.269 e. The van der Waals surface area contributed by atoms with Gasteiger partial charge in [0.25, 0.3) is 5.91 Å². The van der Waals surface area contributed by atoms with E-state index in [1.807, 2.05) is 18.2 Å². The maximum atomic E-state index is 13.2. The molecule has 1 saturated carbocycles. The molecule has 1 aromatic heterocycles. The minimum Gasteiger partial charge on any atom is -0.364 e. The number of rotatable bonds is 7. The molecule has 7 heteroatoms. The predicted octanol–water partition coefficient (Wildman–Crippen LogP) is 2.91. The molecular weight excluding hydrogens is 380 g/mol. The van der Waals surface area contributed by atoms with Gasteiger partial charge in [0.1, 0.15) is 6.54 Å². The number of carbonyl (C=O) groups excluding carboxylic acids is 3. The molecule has 1 aliphatic carbocycles. The normalized spacial score (nSPS) is 22.9. The van der Waals surface area contributed by atoms with Gasteiger partial charge in [-0.3, -0.25) is 19.1 Å². The van der Waals surface area contributed by atoms with Gasteiger partial charge in [0, 0.05) is 17.8 Å². The number of fused-ring (bicyclic) bond motifs is 2. The molecule has 1 aliphatic heterocycles. The van der Waals surface area contributed by atoms with Crippen molar-refractivity contribution in [2.45, 2.75) is 71.5 Å². The van der Waals surface area contributed by atoms with E-state index < -0.39 is 5.91 Å². The van der Waals surface area contributed by atoms with Crippen LogP contribution in [0.3, 0.4) is 0 Å². The lowest BCUT2D eigenvalue weighted by Crippen LogP contribution is -2.44. The van der Waals surface area contributed by atoms with Crippen LogP contribution < -0.4 is 5.73 Å². The summed E-state index contributed by atoms with van der Waals surface area (Å²) in [5.74, 6) is -0.116. The van der Waals surface area contributed by atoms with Gasteiger partial charge in [0.05, 0.1) is 11.6 Å². The zero-order chi connectivity index (χ0) is 21.6. The van der Waals surface area contributed by atoms with Crippen molar-refractivity contribution in [1.29, 1.82) is 0 Å². The van der Waals surface area contributed by atoms with Crippen molar-refractivity contribution in [2.24, 2.45) is 17.1 Å². The SMILES string of the molecule is CC(C)(C)CCCC(=O)[C@@H]1C[C@H]2C[C@H]2N1C(=O)Cn1nc(C(N)=O)c2ccccc21. The lowest BCUT2D eigenvalue weighted by Gasteiger charge is -2.27. The number of para-hydroxylation sites is 1. The Kier molecular flexibility index (Phi) is 5.16. The number of Topliss-reactive ketones (excluding diaryl/α,β-unsaturated/α-hetero) is 1. The fourth-order valence-electron chi connectivity index (χ4n) is 4.70. The average molecular weight is 411 g/mol. The summed E-state index contributed by atoms with van der Waals surface area (Å²) in [5.41, 5.74) is 6.52. The number of carbonyl (C=O) groups is 3. The second-order valence-corrected chi connectivity index (χ2v) is 9.88. The van der Waals surface area contributed by atoms with Crippen molar-refractivity contribution >= 4 is 28.5 Å². The Morgan fingerprint density at radius 2 is 1.90 bits per heavy atom. The van der Waals surface area contributed by atoms with Crippen LogP contribution in [0.1, 0.15) is 63.4 Å². The first kappa shape index (κ1) is 20.6. The Hall–Kier alpha value is -2.70. The minimum atomic E-state index is -0.618. The number of nitrogens with zero attached hydrogens (tertiary/aromatic N) is 3. The summed E-state index contributed by atoms with van der Waals surface area (Å²) in [5, 5.41) is 4.93. The largest absolute Gasteiger partial charge is 0.364 e. The van der Waals surface area contributed by atoms with Crippen LogP contribution in [-0.2, 0) is 16.1 Å². The molecule has 2 aliphatic rings. The summed E-state index contributed by atoms with van der Waals surface area (Å²) in [6.07, 6.45) is 4.10. The zero-order valence-electron chi connectivity index (χ0n) is 17.9. The molecule has 0 radical (unpaired) electrons. The number of hydrogen-bond donors (Lipinski definition) is 1. The second kappa shape index (κ2) is 7.52. The van der Waals surface area contributed by atoms with E-state index in [-0.39, 0.29) is 41.4 Å². The first-order chi connectivity index (χ1) is 14.2. The molecule has 2 aromatic rings. The standard InChI is InChI=1S/C23H30N4O3/c1-23(2,3)10-6-9-19(28)18-12-14-11-17(14)27(18)20(29)13-26-16-8-5-4-7-15(16)21(25-26)22(24)30/h4-5,7-8,14,17-18H,6,9-13H2,1-3H3,(H2,24,30)/t14-,17-,18+/m1/s1. The lowest BCUT2D eigenvalue weighted by atomic mass is 9.88. The van der Waals surface area contributed by atoms with Gasteiger partial charge in [-0.25, -0.2) is 0 Å². The molecule has 2 amide bonds. The van der Waals surface area contributed by atoms with E-state index in [0.717, 1.165) is 25.7 Å². The number of likely N-dealkylation sites (tertiary alicyclic amines) is 1. The first-order valence-corrected chi connectivity index (χ1v) is 10.7. The molecule has 2 heterocycles. The average Bonchev–Trinajstić information content (AvgIpc) is 3.17. The summed E-state index contributed by atoms with van der Waals surface area (Å²) >= 11 is 0. The number of hydrogen-bond acceptors (Lipinski definition) is 4. The van der Waals surface area contributed by atoms with Gasteiger partial charge in [-0.2, -0.15) is 5.10 Å². The lowest BCUT2D eigenvalue weighted by molar-refractivity contribution is -0.139. The van der Waals surface area contributed by atoms with Crippen molar-refractivity contribution in [3.8, 4) is 0 Å². The van der Waals surface area contributed by atoms with Crippen LogP contribution in [0.5, 0.6) is 0 Å². The Morgan fingerprint density at radius 3 is 2.60 bits per heavy atom. The van der Waals surface area contributed by atoms with E-state index in [9.17, 15) is 14.4 Å². The Balaban J connectivity index is 1.49. The smallest absolute Gasteiger partial charge is 0.269 e. The molecule has 3 atom stereocenters. The molecule has 160 valence electrons. The highest BCUT2D eigenvalue weighted by Crippen LogP contribution is 2.48. The molecule has 4 rings (SSSR count). The minimum absolute atomic E-state index is 0.00276. The van der Waals surface area contributed by atoms with Crippen molar-refractivity contribution < 1.29 is 14.4 Å².